The maximum atomic E-state index is 13.5. The molecule has 1 fully saturated rings. The van der Waals surface area contributed by atoms with E-state index in [2.05, 4.69) is 15.2 Å². The third-order valence-corrected chi connectivity index (χ3v) is 9.50. The maximum absolute atomic E-state index is 13.5. The Labute approximate surface area is 224 Å². The Morgan fingerprint density at radius 1 is 1.03 bits per heavy atom. The minimum Gasteiger partial charge on any atom is -0.457 e. The number of hydrogen-bond acceptors (Lipinski definition) is 8. The summed E-state index contributed by atoms with van der Waals surface area (Å²) in [4.78, 5) is 33.3. The number of aromatic nitrogens is 2. The molecule has 0 saturated carbocycles. The molecule has 0 atom stereocenters. The second-order valence-corrected chi connectivity index (χ2v) is 12.1. The quantitative estimate of drug-likeness (QED) is 0.374. The maximum Gasteiger partial charge on any atom is 0.263 e. The molecule has 198 valence electrons. The number of thiophene rings is 1. The number of benzene rings is 2. The van der Waals surface area contributed by atoms with Gasteiger partial charge in [0.05, 0.1) is 11.7 Å². The van der Waals surface area contributed by atoms with E-state index < -0.39 is 21.5 Å². The smallest absolute Gasteiger partial charge is 0.263 e. The topological polar surface area (TPSA) is 114 Å². The third kappa shape index (κ3) is 5.34. The van der Waals surface area contributed by atoms with Crippen molar-refractivity contribution < 1.29 is 17.9 Å². The fraction of sp³-hybridized carbons (Fsp3) is 0.269. The van der Waals surface area contributed by atoms with Crippen molar-refractivity contribution in [1.82, 2.24) is 18.8 Å². The van der Waals surface area contributed by atoms with E-state index in [0.29, 0.717) is 53.1 Å². The number of hydrogen-bond donors (Lipinski definition) is 1. The summed E-state index contributed by atoms with van der Waals surface area (Å²) in [6, 6.07) is 16.2. The molecular formula is C26H27N5O5S2. The van der Waals surface area contributed by atoms with Gasteiger partial charge in [-0.2, -0.15) is 4.31 Å². The number of anilines is 1. The molecule has 0 aliphatic carbocycles. The lowest BCUT2D eigenvalue weighted by Gasteiger charge is -2.31. The normalized spacial score (nSPS) is 15.0. The van der Waals surface area contributed by atoms with E-state index in [1.807, 2.05) is 37.4 Å². The number of sulfonamides is 1. The molecule has 2 aromatic carbocycles. The van der Waals surface area contributed by atoms with E-state index in [1.165, 1.54) is 10.6 Å². The van der Waals surface area contributed by atoms with Crippen LogP contribution in [0, 0.1) is 6.92 Å². The van der Waals surface area contributed by atoms with Crippen LogP contribution in [0.15, 0.2) is 70.6 Å². The molecule has 4 aromatic rings. The third-order valence-electron chi connectivity index (χ3n) is 6.29. The number of rotatable bonds is 7. The average molecular weight is 554 g/mol. The zero-order valence-electron chi connectivity index (χ0n) is 21.0. The van der Waals surface area contributed by atoms with Crippen LogP contribution < -0.4 is 15.6 Å². The van der Waals surface area contributed by atoms with E-state index in [0.717, 1.165) is 15.9 Å². The summed E-state index contributed by atoms with van der Waals surface area (Å²) in [5, 5.41) is 2.78. The monoisotopic (exact) mass is 553 g/mol. The number of likely N-dealkylation sites (N-methyl/N-ethyl adjacent to an activating group) is 1. The highest BCUT2D eigenvalue weighted by molar-refractivity contribution is 7.89. The number of carbonyl (C=O) groups excluding carboxylic acids is 1. The standard InChI is InChI=1S/C26H27N5O5S2/c1-18-24(38(34,35)31-14-12-29(2)13-15-31)23-25(37-18)27-17-30(26(23)33)16-22(32)28-19-8-10-21(11-9-19)36-20-6-4-3-5-7-20/h3-11,17H,12-16H2,1-2H3,(H,28,32). The molecule has 1 aliphatic heterocycles. The molecule has 1 N–H and O–H groups in total. The number of amides is 1. The molecule has 3 heterocycles. The van der Waals surface area contributed by atoms with Crippen molar-refractivity contribution >= 4 is 43.2 Å². The summed E-state index contributed by atoms with van der Waals surface area (Å²) in [7, 11) is -1.95. The van der Waals surface area contributed by atoms with Crippen LogP contribution in [0.3, 0.4) is 0 Å². The minimum absolute atomic E-state index is 0.0108. The van der Waals surface area contributed by atoms with Gasteiger partial charge in [-0.3, -0.25) is 14.2 Å². The van der Waals surface area contributed by atoms with Gasteiger partial charge in [0.2, 0.25) is 15.9 Å². The van der Waals surface area contributed by atoms with Gasteiger partial charge < -0.3 is 15.0 Å². The number of piperazine rings is 1. The summed E-state index contributed by atoms with van der Waals surface area (Å²) >= 11 is 1.16. The predicted molar refractivity (Wildman–Crippen MR) is 146 cm³/mol. The molecule has 1 saturated heterocycles. The Bertz CT molecular complexity index is 1620. The van der Waals surface area contributed by atoms with Gasteiger partial charge in [0, 0.05) is 36.7 Å². The van der Waals surface area contributed by atoms with Crippen molar-refractivity contribution in [2.75, 3.05) is 38.5 Å². The highest BCUT2D eigenvalue weighted by atomic mass is 32.2. The van der Waals surface area contributed by atoms with Crippen LogP contribution in [0.4, 0.5) is 5.69 Å². The number of ether oxygens (including phenoxy) is 1. The van der Waals surface area contributed by atoms with Gasteiger partial charge in [-0.1, -0.05) is 18.2 Å². The highest BCUT2D eigenvalue weighted by Crippen LogP contribution is 2.33. The molecule has 12 heteroatoms. The zero-order valence-corrected chi connectivity index (χ0v) is 22.6. The molecule has 5 rings (SSSR count). The Morgan fingerprint density at radius 2 is 1.68 bits per heavy atom. The number of nitrogens with one attached hydrogen (secondary N) is 1. The molecule has 1 aliphatic rings. The Hall–Kier alpha value is -3.58. The van der Waals surface area contributed by atoms with Crippen molar-refractivity contribution in [1.29, 1.82) is 0 Å². The first-order chi connectivity index (χ1) is 18.2. The number of carbonyl (C=O) groups is 1. The minimum atomic E-state index is -3.89. The number of aryl methyl sites for hydroxylation is 1. The van der Waals surface area contributed by atoms with Gasteiger partial charge in [0.1, 0.15) is 27.8 Å². The van der Waals surface area contributed by atoms with Gasteiger partial charge in [0.15, 0.2) is 0 Å². The Balaban J connectivity index is 1.34. The molecular weight excluding hydrogens is 526 g/mol. The van der Waals surface area contributed by atoms with Crippen molar-refractivity contribution in [2.24, 2.45) is 0 Å². The summed E-state index contributed by atoms with van der Waals surface area (Å²) in [6.45, 7) is 3.29. The van der Waals surface area contributed by atoms with E-state index in [-0.39, 0.29) is 16.8 Å². The van der Waals surface area contributed by atoms with E-state index in [9.17, 15) is 18.0 Å². The largest absolute Gasteiger partial charge is 0.457 e. The van der Waals surface area contributed by atoms with Crippen LogP contribution in [-0.4, -0.2) is 66.3 Å². The number of para-hydroxylation sites is 1. The Kier molecular flexibility index (Phi) is 7.30. The van der Waals surface area contributed by atoms with Gasteiger partial charge in [-0.05, 0) is 50.4 Å². The summed E-state index contributed by atoms with van der Waals surface area (Å²) < 4.78 is 35.3. The molecule has 0 bridgehead atoms. The average Bonchev–Trinajstić information content (AvgIpc) is 3.25. The first kappa shape index (κ1) is 26.0. The van der Waals surface area contributed by atoms with Crippen LogP contribution in [0.2, 0.25) is 0 Å². The van der Waals surface area contributed by atoms with Crippen molar-refractivity contribution in [3.63, 3.8) is 0 Å². The first-order valence-electron chi connectivity index (χ1n) is 12.0. The van der Waals surface area contributed by atoms with Crippen LogP contribution in [-0.2, 0) is 21.4 Å². The number of nitrogens with zero attached hydrogens (tertiary/aromatic N) is 4. The fourth-order valence-corrected chi connectivity index (χ4v) is 7.37. The van der Waals surface area contributed by atoms with Crippen LogP contribution in [0.5, 0.6) is 11.5 Å². The number of fused-ring (bicyclic) bond motifs is 1. The SMILES string of the molecule is Cc1sc2ncn(CC(=O)Nc3ccc(Oc4ccccc4)cc3)c(=O)c2c1S(=O)(=O)N1CCN(C)CC1. The van der Waals surface area contributed by atoms with E-state index >= 15 is 0 Å². The lowest BCUT2D eigenvalue weighted by molar-refractivity contribution is -0.116. The molecule has 0 unspecified atom stereocenters. The van der Waals surface area contributed by atoms with Gasteiger partial charge in [0.25, 0.3) is 5.56 Å². The van der Waals surface area contributed by atoms with Crippen molar-refractivity contribution in [3.8, 4) is 11.5 Å². The lowest BCUT2D eigenvalue weighted by Crippen LogP contribution is -2.47. The van der Waals surface area contributed by atoms with E-state index in [4.69, 9.17) is 4.74 Å². The van der Waals surface area contributed by atoms with E-state index in [1.54, 1.807) is 31.2 Å². The molecule has 38 heavy (non-hydrogen) atoms. The zero-order chi connectivity index (χ0) is 26.9. The van der Waals surface area contributed by atoms with Gasteiger partial charge in [-0.15, -0.1) is 11.3 Å². The molecule has 0 spiro atoms. The van der Waals surface area contributed by atoms with Crippen LogP contribution >= 0.6 is 11.3 Å². The van der Waals surface area contributed by atoms with Crippen LogP contribution in [0.25, 0.3) is 10.2 Å². The first-order valence-corrected chi connectivity index (χ1v) is 14.3. The van der Waals surface area contributed by atoms with Crippen LogP contribution in [0.1, 0.15) is 4.88 Å². The lowest BCUT2D eigenvalue weighted by atomic mass is 10.3. The Morgan fingerprint density at radius 3 is 2.37 bits per heavy atom. The summed E-state index contributed by atoms with van der Waals surface area (Å²) in [5.41, 5.74) is -0.0315. The fourth-order valence-electron chi connectivity index (χ4n) is 4.28. The molecule has 1 amide bonds. The van der Waals surface area contributed by atoms with Crippen molar-refractivity contribution in [2.45, 2.75) is 18.4 Å². The molecule has 2 aromatic heterocycles. The van der Waals surface area contributed by atoms with Crippen molar-refractivity contribution in [3.05, 3.63) is 76.2 Å². The highest BCUT2D eigenvalue weighted by Gasteiger charge is 2.33. The van der Waals surface area contributed by atoms with Gasteiger partial charge >= 0.3 is 0 Å². The molecule has 10 nitrogen and oxygen atoms in total. The second kappa shape index (κ2) is 10.7. The molecule has 0 radical (unpaired) electrons. The summed E-state index contributed by atoms with van der Waals surface area (Å²) in [6.07, 6.45) is 1.28. The van der Waals surface area contributed by atoms with Gasteiger partial charge in [-0.25, -0.2) is 13.4 Å². The summed E-state index contributed by atoms with van der Waals surface area (Å²) in [5.74, 6) is 0.867. The second-order valence-electron chi connectivity index (χ2n) is 9.04. The predicted octanol–water partition coefficient (Wildman–Crippen LogP) is 3.13.